The number of aromatic hydroxyl groups is 1. The van der Waals surface area contributed by atoms with Gasteiger partial charge in [0.15, 0.2) is 4.34 Å². The Morgan fingerprint density at radius 2 is 1.94 bits per heavy atom. The molecular weight excluding hydrogens is 497 g/mol. The van der Waals surface area contributed by atoms with Crippen molar-refractivity contribution in [3.63, 3.8) is 0 Å². The van der Waals surface area contributed by atoms with E-state index in [9.17, 15) is 9.90 Å². The minimum Gasteiger partial charge on any atom is -0.506 e. The molecule has 5 nitrogen and oxygen atoms in total. The average Bonchev–Trinajstić information content (AvgIpc) is 3.18. The minimum absolute atomic E-state index is 0.0677. The summed E-state index contributed by atoms with van der Waals surface area (Å²) in [7, 11) is 0. The van der Waals surface area contributed by atoms with Gasteiger partial charge in [-0.3, -0.25) is 9.79 Å². The summed E-state index contributed by atoms with van der Waals surface area (Å²) in [6, 6.07) is 14.6. The molecule has 2 N–H and O–H groups in total. The summed E-state index contributed by atoms with van der Waals surface area (Å²) >= 11 is 14.9. The van der Waals surface area contributed by atoms with Crippen LogP contribution >= 0.6 is 46.3 Å². The number of phenols is 1. The number of anilines is 1. The Kier molecular flexibility index (Phi) is 7.24. The quantitative estimate of drug-likeness (QED) is 0.207. The molecule has 1 heterocycles. The fraction of sp³-hybridized carbons (Fsp3) is 0.125. The number of fused-ring (bicyclic) bond motifs is 1. The molecule has 0 aliphatic heterocycles. The Labute approximate surface area is 209 Å². The second kappa shape index (κ2) is 10.1. The second-order valence-electron chi connectivity index (χ2n) is 7.32. The number of rotatable bonds is 6. The number of carbonyl (C=O) groups is 1. The highest BCUT2D eigenvalue weighted by Crippen LogP contribution is 2.33. The maximum atomic E-state index is 12.4. The van der Waals surface area contributed by atoms with Crippen LogP contribution in [-0.2, 0) is 4.79 Å². The number of phenolic OH excluding ortho intramolecular Hbond substituents is 1. The molecule has 0 unspecified atom stereocenters. The van der Waals surface area contributed by atoms with Crippen LogP contribution in [0.5, 0.6) is 5.75 Å². The van der Waals surface area contributed by atoms with Crippen molar-refractivity contribution in [1.29, 1.82) is 0 Å². The molecule has 4 aromatic rings. The van der Waals surface area contributed by atoms with Gasteiger partial charge in [0, 0.05) is 22.5 Å². The van der Waals surface area contributed by atoms with Crippen molar-refractivity contribution in [2.75, 3.05) is 11.1 Å². The molecule has 168 valence electrons. The Hall–Kier alpha value is -2.58. The number of para-hydroxylation sites is 1. The SMILES string of the molecule is Cc1cccc(C)c1NC(=O)CSc1nc2ccc(N=Cc3cc(Cl)cc(Cl)c3O)cc2s1. The summed E-state index contributed by atoms with van der Waals surface area (Å²) in [4.78, 5) is 21.5. The van der Waals surface area contributed by atoms with E-state index in [0.29, 0.717) is 16.3 Å². The molecule has 3 aromatic carbocycles. The van der Waals surface area contributed by atoms with Gasteiger partial charge in [-0.15, -0.1) is 11.3 Å². The first-order chi connectivity index (χ1) is 15.8. The van der Waals surface area contributed by atoms with Crippen LogP contribution in [0.3, 0.4) is 0 Å². The highest BCUT2D eigenvalue weighted by molar-refractivity contribution is 8.01. The lowest BCUT2D eigenvalue weighted by Gasteiger charge is -2.10. The number of hydrogen-bond acceptors (Lipinski definition) is 6. The van der Waals surface area contributed by atoms with Crippen LogP contribution in [0.4, 0.5) is 11.4 Å². The number of amides is 1. The molecule has 4 rings (SSSR count). The zero-order valence-electron chi connectivity index (χ0n) is 17.7. The van der Waals surface area contributed by atoms with Gasteiger partial charge >= 0.3 is 0 Å². The molecule has 0 bridgehead atoms. The smallest absolute Gasteiger partial charge is 0.234 e. The molecule has 0 saturated carbocycles. The Balaban J connectivity index is 1.44. The second-order valence-corrected chi connectivity index (χ2v) is 10.4. The normalized spacial score (nSPS) is 11.4. The predicted molar refractivity (Wildman–Crippen MR) is 140 cm³/mol. The number of thiazole rings is 1. The highest BCUT2D eigenvalue weighted by atomic mass is 35.5. The van der Waals surface area contributed by atoms with Gasteiger partial charge in [-0.05, 0) is 55.3 Å². The van der Waals surface area contributed by atoms with Crippen molar-refractivity contribution in [2.24, 2.45) is 4.99 Å². The van der Waals surface area contributed by atoms with Crippen molar-refractivity contribution < 1.29 is 9.90 Å². The van der Waals surface area contributed by atoms with Crippen LogP contribution in [0, 0.1) is 13.8 Å². The van der Waals surface area contributed by atoms with Crippen molar-refractivity contribution >= 4 is 80.0 Å². The summed E-state index contributed by atoms with van der Waals surface area (Å²) in [5.41, 5.74) is 4.91. The van der Waals surface area contributed by atoms with E-state index in [-0.39, 0.29) is 22.4 Å². The van der Waals surface area contributed by atoms with Crippen molar-refractivity contribution in [3.8, 4) is 5.75 Å². The monoisotopic (exact) mass is 515 g/mol. The Morgan fingerprint density at radius 3 is 2.70 bits per heavy atom. The van der Waals surface area contributed by atoms with Crippen LogP contribution in [0.1, 0.15) is 16.7 Å². The summed E-state index contributed by atoms with van der Waals surface area (Å²) in [5.74, 6) is 0.136. The fourth-order valence-corrected chi connectivity index (χ4v) is 5.59. The molecule has 0 saturated heterocycles. The standard InChI is InChI=1S/C24H19Cl2N3O2S2/c1-13-4-3-5-14(2)22(13)29-21(30)12-32-24-28-19-7-6-17(10-20(19)33-24)27-11-15-8-16(25)9-18(26)23(15)31/h3-11,31H,12H2,1-2H3,(H,29,30). The fourth-order valence-electron chi connectivity index (χ4n) is 3.18. The zero-order valence-corrected chi connectivity index (χ0v) is 20.9. The highest BCUT2D eigenvalue weighted by Gasteiger charge is 2.11. The van der Waals surface area contributed by atoms with Crippen LogP contribution in [0.15, 0.2) is 57.9 Å². The van der Waals surface area contributed by atoms with Gasteiger partial charge in [0.05, 0.1) is 26.7 Å². The van der Waals surface area contributed by atoms with Gasteiger partial charge in [0.1, 0.15) is 5.75 Å². The van der Waals surface area contributed by atoms with Gasteiger partial charge in [-0.25, -0.2) is 4.98 Å². The lowest BCUT2D eigenvalue weighted by Crippen LogP contribution is -2.15. The van der Waals surface area contributed by atoms with Crippen molar-refractivity contribution in [1.82, 2.24) is 4.98 Å². The molecule has 1 amide bonds. The number of nitrogens with zero attached hydrogens (tertiary/aromatic N) is 2. The third kappa shape index (κ3) is 5.68. The lowest BCUT2D eigenvalue weighted by atomic mass is 10.1. The number of hydrogen-bond donors (Lipinski definition) is 2. The Bertz CT molecular complexity index is 1370. The van der Waals surface area contributed by atoms with E-state index in [1.807, 2.05) is 50.2 Å². The molecule has 1 aromatic heterocycles. The molecular formula is C24H19Cl2N3O2S2. The van der Waals surface area contributed by atoms with Gasteiger partial charge in [-0.1, -0.05) is 53.2 Å². The first kappa shape index (κ1) is 23.6. The molecule has 0 radical (unpaired) electrons. The third-order valence-corrected chi connectivity index (χ3v) is 7.50. The maximum absolute atomic E-state index is 12.4. The summed E-state index contributed by atoms with van der Waals surface area (Å²) < 4.78 is 1.76. The molecule has 0 atom stereocenters. The van der Waals surface area contributed by atoms with E-state index >= 15 is 0 Å². The van der Waals surface area contributed by atoms with E-state index < -0.39 is 0 Å². The maximum Gasteiger partial charge on any atom is 0.234 e. The predicted octanol–water partition coefficient (Wildman–Crippen LogP) is 7.41. The first-order valence-electron chi connectivity index (χ1n) is 9.91. The van der Waals surface area contributed by atoms with E-state index in [1.54, 1.807) is 6.07 Å². The van der Waals surface area contributed by atoms with E-state index in [0.717, 1.165) is 31.4 Å². The van der Waals surface area contributed by atoms with Gasteiger partial charge in [0.2, 0.25) is 5.91 Å². The number of aliphatic imine (C=N–C) groups is 1. The lowest BCUT2D eigenvalue weighted by molar-refractivity contribution is -0.113. The average molecular weight is 516 g/mol. The molecule has 9 heteroatoms. The first-order valence-corrected chi connectivity index (χ1v) is 12.5. The van der Waals surface area contributed by atoms with Crippen LogP contribution in [-0.4, -0.2) is 28.0 Å². The number of aromatic nitrogens is 1. The van der Waals surface area contributed by atoms with Gasteiger partial charge < -0.3 is 10.4 Å². The van der Waals surface area contributed by atoms with Crippen molar-refractivity contribution in [3.05, 3.63) is 75.3 Å². The number of thioether (sulfide) groups is 1. The van der Waals surface area contributed by atoms with Crippen LogP contribution in [0.25, 0.3) is 10.2 Å². The van der Waals surface area contributed by atoms with E-state index in [1.165, 1.54) is 35.4 Å². The molecule has 0 fully saturated rings. The zero-order chi connectivity index (χ0) is 23.5. The van der Waals surface area contributed by atoms with Gasteiger partial charge in [-0.2, -0.15) is 0 Å². The summed E-state index contributed by atoms with van der Waals surface area (Å²) in [5, 5.41) is 13.7. The minimum atomic E-state index is -0.0680. The molecule has 0 aliphatic rings. The van der Waals surface area contributed by atoms with Crippen LogP contribution < -0.4 is 5.32 Å². The topological polar surface area (TPSA) is 74.6 Å². The molecule has 33 heavy (non-hydrogen) atoms. The number of benzene rings is 3. The van der Waals surface area contributed by atoms with Gasteiger partial charge in [0.25, 0.3) is 0 Å². The Morgan fingerprint density at radius 1 is 1.18 bits per heavy atom. The molecule has 0 spiro atoms. The number of carbonyl (C=O) groups excluding carboxylic acids is 1. The van der Waals surface area contributed by atoms with Crippen molar-refractivity contribution in [2.45, 2.75) is 18.2 Å². The number of halogens is 2. The van der Waals surface area contributed by atoms with E-state index in [2.05, 4.69) is 15.3 Å². The summed E-state index contributed by atoms with van der Waals surface area (Å²) in [6.07, 6.45) is 1.52. The van der Waals surface area contributed by atoms with Crippen LogP contribution in [0.2, 0.25) is 10.0 Å². The largest absolute Gasteiger partial charge is 0.506 e. The third-order valence-electron chi connectivity index (χ3n) is 4.84. The number of aryl methyl sites for hydroxylation is 2. The van der Waals surface area contributed by atoms with E-state index in [4.69, 9.17) is 23.2 Å². The summed E-state index contributed by atoms with van der Waals surface area (Å²) in [6.45, 7) is 3.96. The molecule has 0 aliphatic carbocycles. The number of nitrogens with one attached hydrogen (secondary N) is 1.